The summed E-state index contributed by atoms with van der Waals surface area (Å²) >= 11 is 0. The number of pyridine rings is 1. The molecule has 3 aromatic rings. The van der Waals surface area contributed by atoms with Crippen molar-refractivity contribution in [3.05, 3.63) is 76.4 Å². The minimum Gasteiger partial charge on any atom is -0.237 e. The van der Waals surface area contributed by atoms with Gasteiger partial charge in [-0.3, -0.25) is 0 Å². The summed E-state index contributed by atoms with van der Waals surface area (Å²) in [5, 5.41) is 4.73. The van der Waals surface area contributed by atoms with Crippen LogP contribution < -0.4 is 0 Å². The smallest absolute Gasteiger partial charge is 0.126 e. The zero-order valence-corrected chi connectivity index (χ0v) is 15.5. The summed E-state index contributed by atoms with van der Waals surface area (Å²) in [6.45, 7) is 12.3. The van der Waals surface area contributed by atoms with Gasteiger partial charge in [-0.2, -0.15) is 5.10 Å². The van der Waals surface area contributed by atoms with Crippen molar-refractivity contribution in [1.29, 1.82) is 0 Å². The van der Waals surface area contributed by atoms with Crippen molar-refractivity contribution in [2.24, 2.45) is 0 Å². The van der Waals surface area contributed by atoms with Crippen LogP contribution in [-0.4, -0.2) is 9.61 Å². The van der Waals surface area contributed by atoms with E-state index in [2.05, 4.69) is 25.6 Å². The van der Waals surface area contributed by atoms with Gasteiger partial charge >= 0.3 is 0 Å². The molecule has 2 heterocycles. The first kappa shape index (κ1) is 17.4. The molecule has 0 atom stereocenters. The van der Waals surface area contributed by atoms with E-state index in [4.69, 9.17) is 5.10 Å². The van der Waals surface area contributed by atoms with E-state index in [0.29, 0.717) is 6.42 Å². The van der Waals surface area contributed by atoms with Crippen molar-refractivity contribution in [2.45, 2.75) is 47.0 Å². The maximum Gasteiger partial charge on any atom is 0.126 e. The monoisotopic (exact) mass is 336 g/mol. The lowest BCUT2D eigenvalue weighted by molar-refractivity contribution is 0.605. The zero-order valence-electron chi connectivity index (χ0n) is 15.5. The number of hydrogen-bond donors (Lipinski definition) is 0. The quantitative estimate of drug-likeness (QED) is 0.604. The van der Waals surface area contributed by atoms with Crippen molar-refractivity contribution in [1.82, 2.24) is 9.61 Å². The van der Waals surface area contributed by atoms with E-state index < -0.39 is 0 Å². The number of hydrogen-bond acceptors (Lipinski definition) is 1. The Kier molecular flexibility index (Phi) is 4.76. The van der Waals surface area contributed by atoms with Crippen molar-refractivity contribution in [3.63, 3.8) is 0 Å². The van der Waals surface area contributed by atoms with E-state index in [1.165, 1.54) is 11.6 Å². The highest BCUT2D eigenvalue weighted by Gasteiger charge is 2.15. The van der Waals surface area contributed by atoms with Crippen molar-refractivity contribution in [3.8, 4) is 0 Å². The SMILES string of the molecule is C=C(C)c1c(C)nn2c(CCc3c(C)cccc3F)cc(CC)cc12. The van der Waals surface area contributed by atoms with Gasteiger partial charge in [-0.05, 0) is 80.5 Å². The van der Waals surface area contributed by atoms with Gasteiger partial charge in [-0.15, -0.1) is 0 Å². The van der Waals surface area contributed by atoms with E-state index in [1.54, 1.807) is 6.07 Å². The maximum atomic E-state index is 14.2. The number of allylic oxidation sites excluding steroid dienone is 1. The summed E-state index contributed by atoms with van der Waals surface area (Å²) in [6, 6.07) is 9.66. The molecule has 25 heavy (non-hydrogen) atoms. The van der Waals surface area contributed by atoms with E-state index in [1.807, 2.05) is 31.4 Å². The summed E-state index contributed by atoms with van der Waals surface area (Å²) in [5.74, 6) is -0.123. The van der Waals surface area contributed by atoms with Gasteiger partial charge in [-0.25, -0.2) is 8.91 Å². The Morgan fingerprint density at radius 3 is 2.60 bits per heavy atom. The molecular weight excluding hydrogens is 311 g/mol. The van der Waals surface area contributed by atoms with Crippen molar-refractivity contribution >= 4 is 11.1 Å². The first-order valence-corrected chi connectivity index (χ1v) is 8.83. The van der Waals surface area contributed by atoms with Gasteiger partial charge in [0.25, 0.3) is 0 Å². The van der Waals surface area contributed by atoms with E-state index in [9.17, 15) is 4.39 Å². The van der Waals surface area contributed by atoms with Gasteiger partial charge in [0.15, 0.2) is 0 Å². The van der Waals surface area contributed by atoms with Crippen LogP contribution in [0.1, 0.15) is 47.5 Å². The van der Waals surface area contributed by atoms with Gasteiger partial charge in [-0.1, -0.05) is 25.6 Å². The summed E-state index contributed by atoms with van der Waals surface area (Å²) in [6.07, 6.45) is 2.38. The lowest BCUT2D eigenvalue weighted by Gasteiger charge is -2.11. The molecule has 0 saturated carbocycles. The highest BCUT2D eigenvalue weighted by Crippen LogP contribution is 2.26. The molecule has 130 valence electrons. The van der Waals surface area contributed by atoms with Crippen LogP contribution in [0.5, 0.6) is 0 Å². The third-order valence-electron chi connectivity index (χ3n) is 4.86. The number of halogens is 1. The molecular formula is C22H25FN2. The Morgan fingerprint density at radius 2 is 1.96 bits per heavy atom. The van der Waals surface area contributed by atoms with Gasteiger partial charge in [0.05, 0.1) is 11.2 Å². The van der Waals surface area contributed by atoms with Gasteiger partial charge in [0, 0.05) is 11.3 Å². The highest BCUT2D eigenvalue weighted by molar-refractivity contribution is 5.78. The van der Waals surface area contributed by atoms with Gasteiger partial charge < -0.3 is 0 Å². The Labute approximate surface area is 149 Å². The van der Waals surface area contributed by atoms with Crippen LogP contribution in [0.2, 0.25) is 0 Å². The second-order valence-corrected chi connectivity index (χ2v) is 6.78. The molecule has 0 bridgehead atoms. The predicted molar refractivity (Wildman–Crippen MR) is 103 cm³/mol. The third-order valence-corrected chi connectivity index (χ3v) is 4.86. The Hall–Kier alpha value is -2.42. The molecule has 2 aromatic heterocycles. The molecule has 0 spiro atoms. The highest BCUT2D eigenvalue weighted by atomic mass is 19.1. The predicted octanol–water partition coefficient (Wildman–Crippen LogP) is 5.47. The fraction of sp³-hybridized carbons (Fsp3) is 0.318. The molecule has 1 aromatic carbocycles. The van der Waals surface area contributed by atoms with Gasteiger partial charge in [0.2, 0.25) is 0 Å². The lowest BCUT2D eigenvalue weighted by Crippen LogP contribution is -2.05. The number of benzene rings is 1. The minimum absolute atomic E-state index is 0.123. The van der Waals surface area contributed by atoms with Crippen LogP contribution in [0, 0.1) is 19.7 Å². The van der Waals surface area contributed by atoms with Gasteiger partial charge in [0.1, 0.15) is 5.82 Å². The third kappa shape index (κ3) is 3.23. The first-order chi connectivity index (χ1) is 11.9. The van der Waals surface area contributed by atoms with Crippen molar-refractivity contribution in [2.75, 3.05) is 0 Å². The van der Waals surface area contributed by atoms with Crippen LogP contribution in [0.3, 0.4) is 0 Å². The fourth-order valence-electron chi connectivity index (χ4n) is 3.54. The van der Waals surface area contributed by atoms with E-state index in [0.717, 1.165) is 52.0 Å². The molecule has 0 amide bonds. The molecule has 0 N–H and O–H groups in total. The topological polar surface area (TPSA) is 17.3 Å². The fourth-order valence-corrected chi connectivity index (χ4v) is 3.54. The molecule has 0 radical (unpaired) electrons. The molecule has 0 aliphatic rings. The van der Waals surface area contributed by atoms with Crippen molar-refractivity contribution < 1.29 is 4.39 Å². The second-order valence-electron chi connectivity index (χ2n) is 6.78. The zero-order chi connectivity index (χ0) is 18.1. The Bertz CT molecular complexity index is 930. The summed E-state index contributed by atoms with van der Waals surface area (Å²) < 4.78 is 16.2. The first-order valence-electron chi connectivity index (χ1n) is 8.83. The number of aromatic nitrogens is 2. The summed E-state index contributed by atoms with van der Waals surface area (Å²) in [7, 11) is 0. The van der Waals surface area contributed by atoms with Crippen LogP contribution in [0.25, 0.3) is 11.1 Å². The number of aryl methyl sites for hydroxylation is 4. The molecule has 0 fully saturated rings. The number of rotatable bonds is 5. The average Bonchev–Trinajstić information content (AvgIpc) is 2.90. The molecule has 2 nitrogen and oxygen atoms in total. The van der Waals surface area contributed by atoms with Crippen LogP contribution >= 0.6 is 0 Å². The molecule has 3 heteroatoms. The summed E-state index contributed by atoms with van der Waals surface area (Å²) in [5.41, 5.74) is 8.43. The minimum atomic E-state index is -0.123. The van der Waals surface area contributed by atoms with E-state index in [-0.39, 0.29) is 5.82 Å². The largest absolute Gasteiger partial charge is 0.237 e. The average molecular weight is 336 g/mol. The molecule has 0 saturated heterocycles. The Morgan fingerprint density at radius 1 is 1.20 bits per heavy atom. The molecule has 0 aliphatic carbocycles. The lowest BCUT2D eigenvalue weighted by atomic mass is 10.0. The molecule has 3 rings (SSSR count). The maximum absolute atomic E-state index is 14.2. The summed E-state index contributed by atoms with van der Waals surface area (Å²) in [4.78, 5) is 0. The second kappa shape index (κ2) is 6.83. The van der Waals surface area contributed by atoms with Crippen LogP contribution in [-0.2, 0) is 19.3 Å². The Balaban J connectivity index is 2.06. The number of nitrogens with zero attached hydrogens (tertiary/aromatic N) is 2. The normalized spacial score (nSPS) is 11.2. The van der Waals surface area contributed by atoms with Crippen LogP contribution in [0.4, 0.5) is 4.39 Å². The molecule has 0 unspecified atom stereocenters. The van der Waals surface area contributed by atoms with E-state index >= 15 is 0 Å². The molecule has 0 aliphatic heterocycles. The standard InChI is InChI=1S/C22H25FN2/c1-6-17-12-18(10-11-19-15(4)8-7-9-20(19)23)25-21(13-17)22(14(2)3)16(5)24-25/h7-9,12-13H,2,6,10-11H2,1,3-5H3. The number of fused-ring (bicyclic) bond motifs is 1. The van der Waals surface area contributed by atoms with Crippen LogP contribution in [0.15, 0.2) is 36.9 Å².